The number of hydrogen-bond acceptors (Lipinski definition) is 4. The number of ether oxygens (including phenoxy) is 3. The fourth-order valence-electron chi connectivity index (χ4n) is 2.89. The number of halogens is 2. The van der Waals surface area contributed by atoms with E-state index in [2.05, 4.69) is 0 Å². The molecule has 2 N–H and O–H groups in total. The number of hydrogen-bond donors (Lipinski definition) is 1. The fraction of sp³-hybridized carbons (Fsp3) is 0.538. The van der Waals surface area contributed by atoms with Gasteiger partial charge in [-0.1, -0.05) is 0 Å². The van der Waals surface area contributed by atoms with Crippen LogP contribution in [0.3, 0.4) is 0 Å². The van der Waals surface area contributed by atoms with E-state index in [1.54, 1.807) is 12.1 Å². The summed E-state index contributed by atoms with van der Waals surface area (Å²) >= 11 is 0. The third-order valence-electron chi connectivity index (χ3n) is 3.85. The lowest BCUT2D eigenvalue weighted by atomic mass is 9.62. The van der Waals surface area contributed by atoms with Crippen LogP contribution in [0.5, 0.6) is 17.2 Å². The highest BCUT2D eigenvalue weighted by Crippen LogP contribution is 2.56. The minimum absolute atomic E-state index is 0.133. The van der Waals surface area contributed by atoms with Gasteiger partial charge in [-0.3, -0.25) is 0 Å². The first-order chi connectivity index (χ1) is 9.00. The lowest BCUT2D eigenvalue weighted by molar-refractivity contribution is -0.124. The van der Waals surface area contributed by atoms with Crippen LogP contribution >= 0.6 is 0 Å². The van der Waals surface area contributed by atoms with E-state index in [1.165, 1.54) is 7.11 Å². The highest BCUT2D eigenvalue weighted by atomic mass is 19.3. The van der Waals surface area contributed by atoms with Gasteiger partial charge in [-0.15, -0.1) is 0 Å². The van der Waals surface area contributed by atoms with Crippen LogP contribution < -0.4 is 19.9 Å². The van der Waals surface area contributed by atoms with Gasteiger partial charge in [-0.2, -0.15) is 0 Å². The first-order valence-corrected chi connectivity index (χ1v) is 6.06. The van der Waals surface area contributed by atoms with Gasteiger partial charge in [0.2, 0.25) is 12.7 Å². The molecule has 4 nitrogen and oxygen atoms in total. The van der Waals surface area contributed by atoms with Crippen LogP contribution in [0.25, 0.3) is 0 Å². The minimum atomic E-state index is -2.65. The van der Waals surface area contributed by atoms with Crippen molar-refractivity contribution >= 4 is 0 Å². The van der Waals surface area contributed by atoms with Gasteiger partial charge in [-0.25, -0.2) is 8.78 Å². The van der Waals surface area contributed by atoms with Gasteiger partial charge < -0.3 is 19.9 Å². The van der Waals surface area contributed by atoms with E-state index in [1.807, 2.05) is 0 Å². The Kier molecular flexibility index (Phi) is 2.60. The Balaban J connectivity index is 2.04. The summed E-state index contributed by atoms with van der Waals surface area (Å²) in [6, 6.07) is 3.38. The molecule has 1 fully saturated rings. The molecule has 0 amide bonds. The summed E-state index contributed by atoms with van der Waals surface area (Å²) in [6.45, 7) is 0.284. The number of nitrogens with two attached hydrogens (primary N) is 1. The highest BCUT2D eigenvalue weighted by Gasteiger charge is 2.57. The standard InChI is InChI=1S/C13H15F2NO3/c1-17-9-3-11-10(18-7-19-11)2-8(9)12(6-16)4-13(14,15)5-12/h2-3H,4-7,16H2,1H3. The molecule has 0 atom stereocenters. The summed E-state index contributed by atoms with van der Waals surface area (Å²) < 4.78 is 42.4. The Morgan fingerprint density at radius 3 is 2.42 bits per heavy atom. The summed E-state index contributed by atoms with van der Waals surface area (Å²) in [7, 11) is 1.50. The van der Waals surface area contributed by atoms with Gasteiger partial charge in [0.05, 0.1) is 7.11 Å². The van der Waals surface area contributed by atoms with Crippen LogP contribution in [0.1, 0.15) is 18.4 Å². The smallest absolute Gasteiger partial charge is 0.250 e. The number of fused-ring (bicyclic) bond motifs is 1. The van der Waals surface area contributed by atoms with Crippen LogP contribution in [-0.4, -0.2) is 26.4 Å². The van der Waals surface area contributed by atoms with E-state index in [0.717, 1.165) is 0 Å². The summed E-state index contributed by atoms with van der Waals surface area (Å²) in [4.78, 5) is 0. The molecule has 1 aliphatic carbocycles. The molecular formula is C13H15F2NO3. The molecule has 1 heterocycles. The second-order valence-corrected chi connectivity index (χ2v) is 5.10. The predicted molar refractivity (Wildman–Crippen MR) is 64.0 cm³/mol. The Morgan fingerprint density at radius 1 is 1.26 bits per heavy atom. The lowest BCUT2D eigenvalue weighted by Crippen LogP contribution is -2.53. The number of methoxy groups -OCH3 is 1. The van der Waals surface area contributed by atoms with Gasteiger partial charge in [0.25, 0.3) is 0 Å². The van der Waals surface area contributed by atoms with E-state index < -0.39 is 11.3 Å². The van der Waals surface area contributed by atoms with Crippen molar-refractivity contribution in [2.24, 2.45) is 5.73 Å². The SMILES string of the molecule is COc1cc2c(cc1C1(CN)CC(F)(F)C1)OCO2. The molecule has 0 unspecified atom stereocenters. The van der Waals surface area contributed by atoms with Crippen molar-refractivity contribution in [3.05, 3.63) is 17.7 Å². The molecule has 0 aromatic heterocycles. The highest BCUT2D eigenvalue weighted by molar-refractivity contribution is 5.55. The Hall–Kier alpha value is -1.56. The van der Waals surface area contributed by atoms with Crippen LogP contribution in [-0.2, 0) is 5.41 Å². The number of alkyl halides is 2. The first kappa shape index (κ1) is 12.5. The zero-order valence-corrected chi connectivity index (χ0v) is 10.5. The maximum absolute atomic E-state index is 13.3. The average molecular weight is 271 g/mol. The van der Waals surface area contributed by atoms with Crippen molar-refractivity contribution in [2.75, 3.05) is 20.4 Å². The van der Waals surface area contributed by atoms with Crippen LogP contribution in [0.4, 0.5) is 8.78 Å². The first-order valence-electron chi connectivity index (χ1n) is 6.06. The number of rotatable bonds is 3. The Bertz CT molecular complexity index is 511. The van der Waals surface area contributed by atoms with E-state index in [4.69, 9.17) is 19.9 Å². The van der Waals surface area contributed by atoms with E-state index >= 15 is 0 Å². The van der Waals surface area contributed by atoms with Gasteiger partial charge >= 0.3 is 0 Å². The van der Waals surface area contributed by atoms with Crippen LogP contribution in [0.2, 0.25) is 0 Å². The second kappa shape index (κ2) is 3.96. The molecule has 1 aromatic rings. The topological polar surface area (TPSA) is 53.7 Å². The van der Waals surface area contributed by atoms with Crippen LogP contribution in [0.15, 0.2) is 12.1 Å². The van der Waals surface area contributed by atoms with Crippen molar-refractivity contribution in [2.45, 2.75) is 24.2 Å². The fourth-order valence-corrected chi connectivity index (χ4v) is 2.89. The van der Waals surface area contributed by atoms with E-state index in [0.29, 0.717) is 22.8 Å². The minimum Gasteiger partial charge on any atom is -0.496 e. The largest absolute Gasteiger partial charge is 0.496 e. The Morgan fingerprint density at radius 2 is 1.89 bits per heavy atom. The molecule has 0 spiro atoms. The third kappa shape index (κ3) is 1.82. The molecule has 6 heteroatoms. The van der Waals surface area contributed by atoms with Crippen LogP contribution in [0, 0.1) is 0 Å². The van der Waals surface area contributed by atoms with Crippen molar-refractivity contribution in [1.82, 2.24) is 0 Å². The molecule has 1 saturated carbocycles. The molecule has 0 radical (unpaired) electrons. The third-order valence-corrected chi connectivity index (χ3v) is 3.85. The monoisotopic (exact) mass is 271 g/mol. The molecule has 1 aliphatic heterocycles. The van der Waals surface area contributed by atoms with Gasteiger partial charge in [-0.05, 0) is 6.07 Å². The van der Waals surface area contributed by atoms with Gasteiger partial charge in [0.1, 0.15) is 5.75 Å². The predicted octanol–water partition coefficient (Wildman–Crippen LogP) is 2.05. The molecule has 104 valence electrons. The molecule has 0 bridgehead atoms. The molecule has 19 heavy (non-hydrogen) atoms. The molecule has 2 aliphatic rings. The lowest BCUT2D eigenvalue weighted by Gasteiger charge is -2.47. The maximum atomic E-state index is 13.3. The van der Waals surface area contributed by atoms with Crippen molar-refractivity contribution in [3.8, 4) is 17.2 Å². The summed E-state index contributed by atoms with van der Waals surface area (Å²) in [5.74, 6) is -1.01. The van der Waals surface area contributed by atoms with Crippen molar-refractivity contribution in [3.63, 3.8) is 0 Å². The zero-order valence-electron chi connectivity index (χ0n) is 10.5. The van der Waals surface area contributed by atoms with Crippen molar-refractivity contribution in [1.29, 1.82) is 0 Å². The molecule has 3 rings (SSSR count). The zero-order chi connectivity index (χ0) is 13.7. The number of benzene rings is 1. The second-order valence-electron chi connectivity index (χ2n) is 5.10. The summed E-state index contributed by atoms with van der Waals surface area (Å²) in [5, 5.41) is 0. The normalized spacial score (nSPS) is 21.9. The summed E-state index contributed by atoms with van der Waals surface area (Å²) in [6.07, 6.45) is -0.515. The molecular weight excluding hydrogens is 256 g/mol. The average Bonchev–Trinajstić information content (AvgIpc) is 2.80. The van der Waals surface area contributed by atoms with E-state index in [9.17, 15) is 8.78 Å². The van der Waals surface area contributed by atoms with Crippen molar-refractivity contribution < 1.29 is 23.0 Å². The quantitative estimate of drug-likeness (QED) is 0.914. The Labute approximate surface area is 109 Å². The van der Waals surface area contributed by atoms with Gasteiger partial charge in [0, 0.05) is 36.4 Å². The molecule has 1 aromatic carbocycles. The maximum Gasteiger partial charge on any atom is 0.250 e. The molecule has 0 saturated heterocycles. The summed E-state index contributed by atoms with van der Waals surface area (Å²) in [5.41, 5.74) is 5.66. The van der Waals surface area contributed by atoms with E-state index in [-0.39, 0.29) is 26.2 Å². The van der Waals surface area contributed by atoms with Gasteiger partial charge in [0.15, 0.2) is 11.5 Å².